The Morgan fingerprint density at radius 2 is 1.77 bits per heavy atom. The second-order valence-corrected chi connectivity index (χ2v) is 7.72. The molecule has 2 aromatic carbocycles. The molecule has 31 heavy (non-hydrogen) atoms. The lowest BCUT2D eigenvalue weighted by atomic mass is 10.0. The van der Waals surface area contributed by atoms with E-state index in [1.807, 2.05) is 37.3 Å². The van der Waals surface area contributed by atoms with E-state index in [-0.39, 0.29) is 5.56 Å². The van der Waals surface area contributed by atoms with Crippen LogP contribution in [0.15, 0.2) is 65.7 Å². The number of thiophene rings is 1. The van der Waals surface area contributed by atoms with Crippen molar-refractivity contribution in [3.8, 4) is 16.9 Å². The lowest BCUT2D eigenvalue weighted by Gasteiger charge is -2.10. The Morgan fingerprint density at radius 1 is 1.10 bits per heavy atom. The van der Waals surface area contributed by atoms with Gasteiger partial charge in [0.25, 0.3) is 11.5 Å². The van der Waals surface area contributed by atoms with E-state index in [2.05, 4.69) is 15.1 Å². The van der Waals surface area contributed by atoms with Crippen molar-refractivity contribution in [2.75, 3.05) is 5.43 Å². The summed E-state index contributed by atoms with van der Waals surface area (Å²) < 4.78 is 41.6. The number of alkyl halides is 3. The van der Waals surface area contributed by atoms with Gasteiger partial charge in [0.1, 0.15) is 16.9 Å². The van der Waals surface area contributed by atoms with Crippen LogP contribution in [0.3, 0.4) is 0 Å². The summed E-state index contributed by atoms with van der Waals surface area (Å²) in [7, 11) is 0. The Morgan fingerprint density at radius 3 is 2.42 bits per heavy atom. The highest BCUT2D eigenvalue weighted by Gasteiger charge is 2.31. The zero-order valence-electron chi connectivity index (χ0n) is 15.9. The van der Waals surface area contributed by atoms with Crippen LogP contribution in [0.4, 0.5) is 13.2 Å². The van der Waals surface area contributed by atoms with Gasteiger partial charge in [-0.3, -0.25) is 15.0 Å². The molecule has 0 saturated heterocycles. The molecule has 0 atom stereocenters. The third kappa shape index (κ3) is 4.29. The van der Waals surface area contributed by atoms with E-state index in [0.717, 1.165) is 44.9 Å². The molecular formula is C21H14F3N3O3S. The van der Waals surface area contributed by atoms with Crippen molar-refractivity contribution in [1.29, 1.82) is 0 Å². The van der Waals surface area contributed by atoms with Crippen molar-refractivity contribution in [2.24, 2.45) is 0 Å². The molecule has 2 heterocycles. The molecule has 0 radical (unpaired) electrons. The van der Waals surface area contributed by atoms with Crippen molar-refractivity contribution < 1.29 is 22.7 Å². The van der Waals surface area contributed by atoms with Crippen LogP contribution in [0, 0.1) is 6.92 Å². The minimum Gasteiger partial charge on any atom is -0.406 e. The van der Waals surface area contributed by atoms with Crippen LogP contribution < -0.4 is 15.7 Å². The van der Waals surface area contributed by atoms with Gasteiger partial charge in [0.2, 0.25) is 0 Å². The quantitative estimate of drug-likeness (QED) is 0.494. The number of fused-ring (bicyclic) bond motifs is 1. The minimum atomic E-state index is -4.83. The average Bonchev–Trinajstić information content (AvgIpc) is 3.07. The molecule has 6 nitrogen and oxygen atoms in total. The Balaban J connectivity index is 1.66. The molecule has 0 aliphatic carbocycles. The fourth-order valence-electron chi connectivity index (χ4n) is 3.12. The van der Waals surface area contributed by atoms with Gasteiger partial charge in [0.15, 0.2) is 0 Å². The van der Waals surface area contributed by atoms with Crippen LogP contribution in [0.2, 0.25) is 0 Å². The number of aromatic nitrogens is 2. The molecule has 4 aromatic rings. The third-order valence-electron chi connectivity index (χ3n) is 4.42. The number of carbonyl (C=O) groups excluding carboxylic acids is 1. The number of benzene rings is 2. The van der Waals surface area contributed by atoms with E-state index in [9.17, 15) is 22.8 Å². The molecular weight excluding hydrogens is 431 g/mol. The molecule has 0 fully saturated rings. The van der Waals surface area contributed by atoms with Crippen molar-refractivity contribution in [3.05, 3.63) is 81.7 Å². The van der Waals surface area contributed by atoms with Crippen LogP contribution in [-0.4, -0.2) is 21.9 Å². The number of nitrogens with zero attached hydrogens (tertiary/aromatic N) is 2. The van der Waals surface area contributed by atoms with Crippen LogP contribution in [-0.2, 0) is 0 Å². The highest BCUT2D eigenvalue weighted by Crippen LogP contribution is 2.35. The van der Waals surface area contributed by atoms with Gasteiger partial charge in [-0.1, -0.05) is 30.3 Å². The molecule has 4 rings (SSSR count). The largest absolute Gasteiger partial charge is 0.573 e. The normalized spacial score (nSPS) is 11.5. The molecule has 2 aromatic heterocycles. The number of nitrogens with one attached hydrogen (secondary N) is 1. The summed E-state index contributed by atoms with van der Waals surface area (Å²) in [4.78, 5) is 31.3. The summed E-state index contributed by atoms with van der Waals surface area (Å²) >= 11 is 1.37. The van der Waals surface area contributed by atoms with Gasteiger partial charge >= 0.3 is 6.36 Å². The van der Waals surface area contributed by atoms with E-state index >= 15 is 0 Å². The molecule has 0 spiro atoms. The first kappa shape index (κ1) is 20.6. The fourth-order valence-corrected chi connectivity index (χ4v) is 4.12. The smallest absolute Gasteiger partial charge is 0.406 e. The number of hydrogen-bond donors (Lipinski definition) is 1. The first-order valence-electron chi connectivity index (χ1n) is 8.96. The molecule has 158 valence electrons. The van der Waals surface area contributed by atoms with E-state index in [1.165, 1.54) is 17.7 Å². The van der Waals surface area contributed by atoms with Gasteiger partial charge in [-0.15, -0.1) is 24.5 Å². The lowest BCUT2D eigenvalue weighted by molar-refractivity contribution is -0.274. The summed E-state index contributed by atoms with van der Waals surface area (Å²) in [6.07, 6.45) is -3.62. The Hall–Kier alpha value is -3.66. The number of carbonyl (C=O) groups is 1. The molecule has 0 bridgehead atoms. The second kappa shape index (κ2) is 7.88. The number of amides is 1. The summed E-state index contributed by atoms with van der Waals surface area (Å²) in [6, 6.07) is 13.7. The molecule has 0 saturated carbocycles. The van der Waals surface area contributed by atoms with Crippen molar-refractivity contribution >= 4 is 27.5 Å². The summed E-state index contributed by atoms with van der Waals surface area (Å²) in [5, 5.41) is 0.380. The SMILES string of the molecule is Cc1sc2ncn(NC(=O)c3ccc(OC(F)(F)F)cc3)c(=O)c2c1-c1ccccc1. The predicted octanol–water partition coefficient (Wildman–Crippen LogP) is 4.72. The van der Waals surface area contributed by atoms with Crippen LogP contribution in [0.5, 0.6) is 5.75 Å². The van der Waals surface area contributed by atoms with Gasteiger partial charge in [-0.05, 0) is 36.8 Å². The highest BCUT2D eigenvalue weighted by atomic mass is 32.1. The molecule has 0 aliphatic heterocycles. The van der Waals surface area contributed by atoms with Crippen molar-refractivity contribution in [3.63, 3.8) is 0 Å². The number of aryl methyl sites for hydroxylation is 1. The monoisotopic (exact) mass is 445 g/mol. The molecule has 10 heteroatoms. The second-order valence-electron chi connectivity index (χ2n) is 6.51. The number of ether oxygens (including phenoxy) is 1. The lowest BCUT2D eigenvalue weighted by Crippen LogP contribution is -2.33. The number of rotatable bonds is 4. The van der Waals surface area contributed by atoms with Crippen molar-refractivity contribution in [2.45, 2.75) is 13.3 Å². The van der Waals surface area contributed by atoms with Gasteiger partial charge in [0, 0.05) is 16.0 Å². The zero-order chi connectivity index (χ0) is 22.2. The topological polar surface area (TPSA) is 73.2 Å². The molecule has 1 amide bonds. The van der Waals surface area contributed by atoms with Gasteiger partial charge in [0.05, 0.1) is 5.39 Å². The van der Waals surface area contributed by atoms with E-state index < -0.39 is 23.6 Å². The van der Waals surface area contributed by atoms with Crippen molar-refractivity contribution in [1.82, 2.24) is 9.66 Å². The Kier molecular flexibility index (Phi) is 5.24. The average molecular weight is 445 g/mol. The molecule has 0 unspecified atom stereocenters. The zero-order valence-corrected chi connectivity index (χ0v) is 16.8. The van der Waals surface area contributed by atoms with E-state index in [0.29, 0.717) is 10.2 Å². The minimum absolute atomic E-state index is 0.0475. The maximum Gasteiger partial charge on any atom is 0.573 e. The summed E-state index contributed by atoms with van der Waals surface area (Å²) in [5.74, 6) is -1.14. The Labute approximate surface area is 177 Å². The molecule has 1 N–H and O–H groups in total. The van der Waals surface area contributed by atoms with Crippen LogP contribution >= 0.6 is 11.3 Å². The maximum atomic E-state index is 13.1. The fraction of sp³-hybridized carbons (Fsp3) is 0.0952. The van der Waals surface area contributed by atoms with Gasteiger partial charge < -0.3 is 4.74 Å². The maximum absolute atomic E-state index is 13.1. The first-order valence-corrected chi connectivity index (χ1v) is 9.78. The van der Waals surface area contributed by atoms with Gasteiger partial charge in [-0.2, -0.15) is 0 Å². The third-order valence-corrected chi connectivity index (χ3v) is 5.44. The van der Waals surface area contributed by atoms with Crippen LogP contribution in [0.25, 0.3) is 21.3 Å². The van der Waals surface area contributed by atoms with Gasteiger partial charge in [-0.25, -0.2) is 9.66 Å². The Bertz CT molecular complexity index is 1310. The predicted molar refractivity (Wildman–Crippen MR) is 111 cm³/mol. The number of hydrogen-bond acceptors (Lipinski definition) is 5. The standard InChI is InChI=1S/C21H14F3N3O3S/c1-12-16(13-5-3-2-4-6-13)17-19(31-12)25-11-27(20(17)29)26-18(28)14-7-9-15(10-8-14)30-21(22,23)24/h2-11H,1H3,(H,26,28). The first-order chi connectivity index (χ1) is 14.7. The van der Waals surface area contributed by atoms with Crippen LogP contribution in [0.1, 0.15) is 15.2 Å². The molecule has 0 aliphatic rings. The van der Waals surface area contributed by atoms with E-state index in [1.54, 1.807) is 0 Å². The summed E-state index contributed by atoms with van der Waals surface area (Å²) in [5.41, 5.74) is 3.61. The highest BCUT2D eigenvalue weighted by molar-refractivity contribution is 7.19. The summed E-state index contributed by atoms with van der Waals surface area (Å²) in [6.45, 7) is 1.89. The number of halogens is 3. The van der Waals surface area contributed by atoms with E-state index in [4.69, 9.17) is 0 Å².